The van der Waals surface area contributed by atoms with Crippen molar-refractivity contribution >= 4 is 11.8 Å². The van der Waals surface area contributed by atoms with Gasteiger partial charge < -0.3 is 4.74 Å². The highest BCUT2D eigenvalue weighted by Gasteiger charge is 2.42. The van der Waals surface area contributed by atoms with Crippen LogP contribution in [0.4, 0.5) is 0 Å². The summed E-state index contributed by atoms with van der Waals surface area (Å²) in [5, 5.41) is 0. The molecule has 1 aliphatic carbocycles. The average Bonchev–Trinajstić information content (AvgIpc) is 2.32. The zero-order chi connectivity index (χ0) is 10.8. The molecule has 0 fully saturated rings. The molecule has 0 bridgehead atoms. The van der Waals surface area contributed by atoms with Gasteiger partial charge in [-0.3, -0.25) is 9.59 Å². The third kappa shape index (κ3) is 2.03. The number of ether oxygens (including phenoxy) is 1. The van der Waals surface area contributed by atoms with Gasteiger partial charge in [-0.25, -0.2) is 0 Å². The van der Waals surface area contributed by atoms with E-state index in [1.165, 1.54) is 13.0 Å². The zero-order valence-electron chi connectivity index (χ0n) is 8.87. The van der Waals surface area contributed by atoms with Crippen LogP contribution in [0.2, 0.25) is 0 Å². The highest BCUT2D eigenvalue weighted by Crippen LogP contribution is 2.33. The van der Waals surface area contributed by atoms with Crippen molar-refractivity contribution in [3.05, 3.63) is 12.2 Å². The Morgan fingerprint density at radius 2 is 2.29 bits per heavy atom. The maximum absolute atomic E-state index is 11.5. The molecule has 3 heteroatoms. The quantitative estimate of drug-likeness (QED) is 0.647. The van der Waals surface area contributed by atoms with Gasteiger partial charge in [-0.2, -0.15) is 0 Å². The number of carbonyl (C=O) groups excluding carboxylic acids is 2. The number of esters is 1. The molecule has 0 spiro atoms. The molecule has 0 radical (unpaired) electrons. The SMILES string of the molecule is CCCC1C(=O)C=CC1(C)OC(C)=O. The second kappa shape index (κ2) is 3.95. The van der Waals surface area contributed by atoms with E-state index in [9.17, 15) is 9.59 Å². The van der Waals surface area contributed by atoms with Crippen molar-refractivity contribution in [3.8, 4) is 0 Å². The van der Waals surface area contributed by atoms with Crippen LogP contribution in [0.1, 0.15) is 33.6 Å². The predicted octanol–water partition coefficient (Wildman–Crippen LogP) is 1.86. The molecular weight excluding hydrogens is 180 g/mol. The number of allylic oxidation sites excluding steroid dienone is 1. The molecule has 14 heavy (non-hydrogen) atoms. The van der Waals surface area contributed by atoms with Gasteiger partial charge in [0.15, 0.2) is 5.78 Å². The summed E-state index contributed by atoms with van der Waals surface area (Å²) in [7, 11) is 0. The van der Waals surface area contributed by atoms with Crippen LogP contribution >= 0.6 is 0 Å². The summed E-state index contributed by atoms with van der Waals surface area (Å²) in [5.74, 6) is -0.472. The minimum atomic E-state index is -0.723. The van der Waals surface area contributed by atoms with Gasteiger partial charge in [-0.1, -0.05) is 13.3 Å². The lowest BCUT2D eigenvalue weighted by Crippen LogP contribution is -2.37. The van der Waals surface area contributed by atoms with E-state index in [2.05, 4.69) is 0 Å². The van der Waals surface area contributed by atoms with Gasteiger partial charge in [0.05, 0.1) is 5.92 Å². The molecular formula is C11H16O3. The summed E-state index contributed by atoms with van der Waals surface area (Å²) < 4.78 is 5.19. The Hall–Kier alpha value is -1.12. The van der Waals surface area contributed by atoms with Gasteiger partial charge in [-0.05, 0) is 25.5 Å². The summed E-state index contributed by atoms with van der Waals surface area (Å²) >= 11 is 0. The maximum atomic E-state index is 11.5. The molecule has 0 saturated heterocycles. The van der Waals surface area contributed by atoms with E-state index in [1.807, 2.05) is 6.92 Å². The van der Waals surface area contributed by atoms with Crippen molar-refractivity contribution in [1.29, 1.82) is 0 Å². The third-order valence-corrected chi connectivity index (χ3v) is 2.55. The van der Waals surface area contributed by atoms with E-state index < -0.39 is 5.60 Å². The van der Waals surface area contributed by atoms with Crippen molar-refractivity contribution in [2.75, 3.05) is 0 Å². The average molecular weight is 196 g/mol. The van der Waals surface area contributed by atoms with E-state index in [0.29, 0.717) is 0 Å². The van der Waals surface area contributed by atoms with Crippen molar-refractivity contribution in [3.63, 3.8) is 0 Å². The smallest absolute Gasteiger partial charge is 0.303 e. The molecule has 2 atom stereocenters. The van der Waals surface area contributed by atoms with Crippen molar-refractivity contribution < 1.29 is 14.3 Å². The zero-order valence-corrected chi connectivity index (χ0v) is 8.87. The second-order valence-electron chi connectivity index (χ2n) is 3.85. The normalized spacial score (nSPS) is 30.8. The summed E-state index contributed by atoms with van der Waals surface area (Å²) in [6.07, 6.45) is 4.88. The van der Waals surface area contributed by atoms with Crippen LogP contribution in [0.15, 0.2) is 12.2 Å². The van der Waals surface area contributed by atoms with Crippen LogP contribution in [0, 0.1) is 5.92 Å². The Balaban J connectivity index is 2.80. The fraction of sp³-hybridized carbons (Fsp3) is 0.636. The number of rotatable bonds is 3. The lowest BCUT2D eigenvalue weighted by atomic mass is 9.87. The standard InChI is InChI=1S/C11H16O3/c1-4-5-9-10(13)6-7-11(9,3)14-8(2)12/h6-7,9H,4-5H2,1-3H3. The first-order chi connectivity index (χ1) is 6.49. The molecule has 0 aromatic carbocycles. The monoisotopic (exact) mass is 196 g/mol. The molecule has 0 aliphatic heterocycles. The van der Waals surface area contributed by atoms with Gasteiger partial charge in [0.2, 0.25) is 0 Å². The first-order valence-corrected chi connectivity index (χ1v) is 4.92. The van der Waals surface area contributed by atoms with Crippen LogP contribution in [0.5, 0.6) is 0 Å². The van der Waals surface area contributed by atoms with Crippen LogP contribution < -0.4 is 0 Å². The lowest BCUT2D eigenvalue weighted by Gasteiger charge is -2.28. The van der Waals surface area contributed by atoms with Crippen molar-refractivity contribution in [2.45, 2.75) is 39.2 Å². The molecule has 0 heterocycles. The van der Waals surface area contributed by atoms with Gasteiger partial charge in [0.1, 0.15) is 5.60 Å². The number of carbonyl (C=O) groups is 2. The lowest BCUT2D eigenvalue weighted by molar-refractivity contribution is -0.155. The van der Waals surface area contributed by atoms with Crippen LogP contribution in [-0.4, -0.2) is 17.4 Å². The molecule has 78 valence electrons. The molecule has 2 unspecified atom stereocenters. The van der Waals surface area contributed by atoms with E-state index in [0.717, 1.165) is 12.8 Å². The first-order valence-electron chi connectivity index (χ1n) is 4.92. The Morgan fingerprint density at radius 3 is 2.79 bits per heavy atom. The van der Waals surface area contributed by atoms with E-state index in [-0.39, 0.29) is 17.7 Å². The summed E-state index contributed by atoms with van der Waals surface area (Å²) in [5.41, 5.74) is -0.723. The van der Waals surface area contributed by atoms with Gasteiger partial charge in [0, 0.05) is 6.92 Å². The largest absolute Gasteiger partial charge is 0.455 e. The number of hydrogen-bond donors (Lipinski definition) is 0. The Bertz CT molecular complexity index is 280. The van der Waals surface area contributed by atoms with Crippen LogP contribution in [0.3, 0.4) is 0 Å². The second-order valence-corrected chi connectivity index (χ2v) is 3.85. The number of ketones is 1. The molecule has 0 aromatic rings. The van der Waals surface area contributed by atoms with Crippen LogP contribution in [0.25, 0.3) is 0 Å². The fourth-order valence-corrected chi connectivity index (χ4v) is 1.89. The maximum Gasteiger partial charge on any atom is 0.303 e. The first kappa shape index (κ1) is 11.0. The van der Waals surface area contributed by atoms with Crippen molar-refractivity contribution in [2.24, 2.45) is 5.92 Å². The van der Waals surface area contributed by atoms with Crippen LogP contribution in [-0.2, 0) is 14.3 Å². The molecule has 1 aliphatic rings. The molecule has 1 rings (SSSR count). The fourth-order valence-electron chi connectivity index (χ4n) is 1.89. The number of hydrogen-bond acceptors (Lipinski definition) is 3. The van der Waals surface area contributed by atoms with E-state index in [4.69, 9.17) is 4.74 Å². The predicted molar refractivity (Wildman–Crippen MR) is 52.7 cm³/mol. The Labute approximate surface area is 84.1 Å². The molecule has 0 saturated carbocycles. The Kier molecular flexibility index (Phi) is 3.09. The minimum Gasteiger partial charge on any atom is -0.455 e. The Morgan fingerprint density at radius 1 is 1.64 bits per heavy atom. The summed E-state index contributed by atoms with van der Waals surface area (Å²) in [6, 6.07) is 0. The van der Waals surface area contributed by atoms with E-state index in [1.54, 1.807) is 13.0 Å². The van der Waals surface area contributed by atoms with Crippen molar-refractivity contribution in [1.82, 2.24) is 0 Å². The molecule has 0 amide bonds. The van der Waals surface area contributed by atoms with Gasteiger partial charge in [0.25, 0.3) is 0 Å². The third-order valence-electron chi connectivity index (χ3n) is 2.55. The van der Waals surface area contributed by atoms with Gasteiger partial charge in [-0.15, -0.1) is 0 Å². The minimum absolute atomic E-state index is 0.0654. The van der Waals surface area contributed by atoms with E-state index >= 15 is 0 Å². The molecule has 3 nitrogen and oxygen atoms in total. The molecule has 0 N–H and O–H groups in total. The highest BCUT2D eigenvalue weighted by atomic mass is 16.6. The summed E-state index contributed by atoms with van der Waals surface area (Å²) in [6.45, 7) is 5.17. The highest BCUT2D eigenvalue weighted by molar-refractivity contribution is 5.96. The molecule has 0 aromatic heterocycles. The topological polar surface area (TPSA) is 43.4 Å². The van der Waals surface area contributed by atoms with Gasteiger partial charge >= 0.3 is 5.97 Å². The summed E-state index contributed by atoms with van der Waals surface area (Å²) in [4.78, 5) is 22.4.